The van der Waals surface area contributed by atoms with E-state index in [1.54, 1.807) is 27.3 Å². The molecule has 0 atom stereocenters. The molecule has 0 unspecified atom stereocenters. The van der Waals surface area contributed by atoms with Crippen molar-refractivity contribution in [3.8, 4) is 11.4 Å². The molecule has 0 radical (unpaired) electrons. The van der Waals surface area contributed by atoms with E-state index in [0.717, 1.165) is 28.4 Å². The summed E-state index contributed by atoms with van der Waals surface area (Å²) in [5.41, 5.74) is 3.83. The average molecular weight is 383 g/mol. The summed E-state index contributed by atoms with van der Waals surface area (Å²) in [7, 11) is 4.77. The van der Waals surface area contributed by atoms with Crippen LogP contribution in [-0.4, -0.2) is 52.5 Å². The van der Waals surface area contributed by atoms with Gasteiger partial charge in [0.1, 0.15) is 11.3 Å². The highest BCUT2D eigenvalue weighted by Crippen LogP contribution is 2.26. The minimum absolute atomic E-state index is 0.101. The first-order chi connectivity index (χ1) is 12.8. The highest BCUT2D eigenvalue weighted by Gasteiger charge is 2.35. The number of hydrogen-bond acceptors (Lipinski definition) is 4. The molecule has 27 heavy (non-hydrogen) atoms. The molecule has 3 rings (SSSR count). The van der Waals surface area contributed by atoms with Gasteiger partial charge in [0.2, 0.25) is 0 Å². The van der Waals surface area contributed by atoms with E-state index in [1.165, 1.54) is 9.80 Å². The van der Waals surface area contributed by atoms with Gasteiger partial charge in [0.15, 0.2) is 5.11 Å². The number of rotatable bonds is 3. The van der Waals surface area contributed by atoms with Crippen LogP contribution in [0.15, 0.2) is 35.9 Å². The van der Waals surface area contributed by atoms with Crippen molar-refractivity contribution in [2.24, 2.45) is 0 Å². The van der Waals surface area contributed by atoms with E-state index in [1.807, 2.05) is 44.2 Å². The second-order valence-corrected chi connectivity index (χ2v) is 6.79. The van der Waals surface area contributed by atoms with Crippen LogP contribution in [0.4, 0.5) is 0 Å². The van der Waals surface area contributed by atoms with Crippen molar-refractivity contribution in [3.05, 3.63) is 52.9 Å². The maximum Gasteiger partial charge on any atom is 0.265 e. The van der Waals surface area contributed by atoms with Crippen LogP contribution in [0.3, 0.4) is 0 Å². The van der Waals surface area contributed by atoms with E-state index in [-0.39, 0.29) is 10.7 Å². The zero-order valence-electron chi connectivity index (χ0n) is 15.9. The number of aryl methyl sites for hydroxylation is 1. The van der Waals surface area contributed by atoms with E-state index in [0.29, 0.717) is 0 Å². The van der Waals surface area contributed by atoms with Crippen molar-refractivity contribution in [1.29, 1.82) is 0 Å². The summed E-state index contributed by atoms with van der Waals surface area (Å²) in [6, 6.07) is 9.68. The third kappa shape index (κ3) is 3.14. The number of carbonyl (C=O) groups excluding carboxylic acids is 2. The lowest BCUT2D eigenvalue weighted by Crippen LogP contribution is -2.52. The zero-order chi connectivity index (χ0) is 19.9. The van der Waals surface area contributed by atoms with Crippen molar-refractivity contribution < 1.29 is 14.3 Å². The molecule has 2 amide bonds. The number of nitrogens with zero attached hydrogens (tertiary/aromatic N) is 3. The Labute approximate surface area is 163 Å². The molecule has 1 aliphatic heterocycles. The van der Waals surface area contributed by atoms with Crippen LogP contribution >= 0.6 is 12.2 Å². The number of ether oxygens (including phenoxy) is 1. The number of amides is 2. The Morgan fingerprint density at radius 2 is 1.56 bits per heavy atom. The molecule has 7 heteroatoms. The molecule has 0 N–H and O–H groups in total. The molecule has 0 spiro atoms. The highest BCUT2D eigenvalue weighted by atomic mass is 32.1. The Balaban J connectivity index is 2.06. The maximum absolute atomic E-state index is 12.5. The molecule has 1 aromatic heterocycles. The van der Waals surface area contributed by atoms with Crippen molar-refractivity contribution >= 4 is 35.2 Å². The molecule has 0 saturated carbocycles. The summed E-state index contributed by atoms with van der Waals surface area (Å²) in [6.07, 6.45) is 1.64. The fourth-order valence-electron chi connectivity index (χ4n) is 3.19. The average Bonchev–Trinajstić information content (AvgIpc) is 2.95. The highest BCUT2D eigenvalue weighted by molar-refractivity contribution is 7.80. The molecule has 0 bridgehead atoms. The van der Waals surface area contributed by atoms with Gasteiger partial charge in [0, 0.05) is 31.2 Å². The monoisotopic (exact) mass is 383 g/mol. The molecule has 1 aliphatic rings. The third-order valence-corrected chi connectivity index (χ3v) is 5.29. The Bertz CT molecular complexity index is 947. The molecule has 1 saturated heterocycles. The first-order valence-electron chi connectivity index (χ1n) is 8.41. The van der Waals surface area contributed by atoms with Crippen molar-refractivity contribution in [3.63, 3.8) is 0 Å². The summed E-state index contributed by atoms with van der Waals surface area (Å²) in [5, 5.41) is 0.200. The number of likely N-dealkylation sites (N-methyl/N-ethyl adjacent to an activating group) is 2. The van der Waals surface area contributed by atoms with Crippen LogP contribution in [0.2, 0.25) is 0 Å². The summed E-state index contributed by atoms with van der Waals surface area (Å²) >= 11 is 5.13. The van der Waals surface area contributed by atoms with Gasteiger partial charge in [-0.15, -0.1) is 0 Å². The SMILES string of the molecule is COc1ccc(-n2c(C)cc(C=C3C(=O)N(C)C(=S)N(C)C3=O)c2C)cc1. The van der Waals surface area contributed by atoms with E-state index in [9.17, 15) is 9.59 Å². The van der Waals surface area contributed by atoms with E-state index >= 15 is 0 Å². The third-order valence-electron chi connectivity index (χ3n) is 4.74. The Hall–Kier alpha value is -2.93. The lowest BCUT2D eigenvalue weighted by molar-refractivity contribution is -0.132. The summed E-state index contributed by atoms with van der Waals surface area (Å²) < 4.78 is 7.28. The molecule has 6 nitrogen and oxygen atoms in total. The van der Waals surface area contributed by atoms with Gasteiger partial charge in [-0.2, -0.15) is 0 Å². The minimum Gasteiger partial charge on any atom is -0.497 e. The lowest BCUT2D eigenvalue weighted by atomic mass is 10.1. The van der Waals surface area contributed by atoms with E-state index in [4.69, 9.17) is 17.0 Å². The van der Waals surface area contributed by atoms with Crippen LogP contribution in [0.5, 0.6) is 5.75 Å². The van der Waals surface area contributed by atoms with Crippen LogP contribution < -0.4 is 4.74 Å². The fourth-order valence-corrected chi connectivity index (χ4v) is 3.36. The quantitative estimate of drug-likeness (QED) is 0.465. The molecule has 0 aliphatic carbocycles. The van der Waals surface area contributed by atoms with Gasteiger partial charge in [-0.25, -0.2) is 0 Å². The van der Waals surface area contributed by atoms with Gasteiger partial charge in [-0.05, 0) is 68.0 Å². The molecule has 2 aromatic rings. The number of hydrogen-bond donors (Lipinski definition) is 0. The van der Waals surface area contributed by atoms with Gasteiger partial charge in [0.25, 0.3) is 11.8 Å². The first kappa shape index (κ1) is 18.8. The van der Waals surface area contributed by atoms with E-state index in [2.05, 4.69) is 4.57 Å². The van der Waals surface area contributed by atoms with Gasteiger partial charge >= 0.3 is 0 Å². The predicted octanol–water partition coefficient (Wildman–Crippen LogP) is 2.70. The van der Waals surface area contributed by atoms with Crippen molar-refractivity contribution in [1.82, 2.24) is 14.4 Å². The Kier molecular flexibility index (Phi) is 4.89. The van der Waals surface area contributed by atoms with Crippen LogP contribution in [-0.2, 0) is 9.59 Å². The number of carbonyl (C=O) groups is 2. The lowest BCUT2D eigenvalue weighted by Gasteiger charge is -2.31. The van der Waals surface area contributed by atoms with Crippen molar-refractivity contribution in [2.75, 3.05) is 21.2 Å². The second kappa shape index (κ2) is 7.00. The summed E-state index contributed by atoms with van der Waals surface area (Å²) in [5.74, 6) is -0.00121. The molecule has 1 fully saturated rings. The smallest absolute Gasteiger partial charge is 0.265 e. The fraction of sp³-hybridized carbons (Fsp3) is 0.250. The molecule has 2 heterocycles. The minimum atomic E-state index is -0.391. The Morgan fingerprint density at radius 1 is 1.00 bits per heavy atom. The van der Waals surface area contributed by atoms with Gasteiger partial charge in [0.05, 0.1) is 7.11 Å². The number of aromatic nitrogens is 1. The van der Waals surface area contributed by atoms with Crippen LogP contribution in [0.25, 0.3) is 11.8 Å². The summed E-state index contributed by atoms with van der Waals surface area (Å²) in [6.45, 7) is 3.94. The zero-order valence-corrected chi connectivity index (χ0v) is 16.8. The predicted molar refractivity (Wildman–Crippen MR) is 108 cm³/mol. The normalized spacial score (nSPS) is 14.9. The van der Waals surface area contributed by atoms with Crippen LogP contribution in [0.1, 0.15) is 17.0 Å². The van der Waals surface area contributed by atoms with Gasteiger partial charge in [-0.1, -0.05) is 0 Å². The van der Waals surface area contributed by atoms with Crippen molar-refractivity contribution in [2.45, 2.75) is 13.8 Å². The number of thiocarbonyl (C=S) groups is 1. The van der Waals surface area contributed by atoms with E-state index < -0.39 is 11.8 Å². The molecule has 140 valence electrons. The topological polar surface area (TPSA) is 54.8 Å². The Morgan fingerprint density at radius 3 is 2.07 bits per heavy atom. The number of benzene rings is 1. The molecular formula is C20H21N3O3S. The molecule has 1 aromatic carbocycles. The standard InChI is InChI=1S/C20H21N3O3S/c1-12-10-14(11-17-18(24)21(3)20(27)22(4)19(17)25)13(2)23(12)15-6-8-16(26-5)9-7-15/h6-11H,1-5H3. The first-order valence-corrected chi connectivity index (χ1v) is 8.82. The summed E-state index contributed by atoms with van der Waals surface area (Å²) in [4.78, 5) is 27.7. The largest absolute Gasteiger partial charge is 0.497 e. The van der Waals surface area contributed by atoms with Gasteiger partial charge < -0.3 is 9.30 Å². The van der Waals surface area contributed by atoms with Crippen LogP contribution in [0, 0.1) is 13.8 Å². The molecular weight excluding hydrogens is 362 g/mol. The maximum atomic E-state index is 12.5. The second-order valence-electron chi connectivity index (χ2n) is 6.43. The number of methoxy groups -OCH3 is 1. The van der Waals surface area contributed by atoms with Gasteiger partial charge in [-0.3, -0.25) is 19.4 Å².